The largest absolute Gasteiger partial charge is 0.394 e. The van der Waals surface area contributed by atoms with Gasteiger partial charge in [-0.3, -0.25) is 0 Å². The summed E-state index contributed by atoms with van der Waals surface area (Å²) in [6.45, 7) is 10.1. The van der Waals surface area contributed by atoms with Gasteiger partial charge in [-0.05, 0) is 52.7 Å². The van der Waals surface area contributed by atoms with Crippen molar-refractivity contribution in [1.82, 2.24) is 10.2 Å². The number of aliphatic hydroxyl groups excluding tert-OH is 1. The van der Waals surface area contributed by atoms with E-state index in [0.29, 0.717) is 6.04 Å². The van der Waals surface area contributed by atoms with Crippen molar-refractivity contribution in [3.8, 4) is 0 Å². The average Bonchev–Trinajstić information content (AvgIpc) is 2.30. The Morgan fingerprint density at radius 3 is 2.44 bits per heavy atom. The first-order valence-corrected chi connectivity index (χ1v) is 6.71. The molecule has 1 heterocycles. The predicted octanol–water partition coefficient (Wildman–Crippen LogP) is 1.61. The second-order valence-corrected chi connectivity index (χ2v) is 5.40. The number of hydrogen-bond acceptors (Lipinski definition) is 3. The number of likely N-dealkylation sites (tertiary alicyclic amines) is 1. The van der Waals surface area contributed by atoms with E-state index in [-0.39, 0.29) is 12.1 Å². The highest BCUT2D eigenvalue weighted by Crippen LogP contribution is 2.19. The maximum absolute atomic E-state index is 9.48. The van der Waals surface area contributed by atoms with E-state index in [1.807, 2.05) is 0 Å². The van der Waals surface area contributed by atoms with Gasteiger partial charge < -0.3 is 15.3 Å². The molecule has 1 fully saturated rings. The van der Waals surface area contributed by atoms with Crippen LogP contribution in [0.1, 0.15) is 46.5 Å². The van der Waals surface area contributed by atoms with Crippen LogP contribution in [0.3, 0.4) is 0 Å². The summed E-state index contributed by atoms with van der Waals surface area (Å²) in [5.41, 5.74) is -0.119. The molecule has 0 aromatic heterocycles. The molecule has 0 aliphatic carbocycles. The molecule has 1 rings (SSSR count). The molecule has 3 heteroatoms. The van der Waals surface area contributed by atoms with Crippen LogP contribution in [0.4, 0.5) is 0 Å². The molecule has 2 N–H and O–H groups in total. The van der Waals surface area contributed by atoms with E-state index in [0.717, 1.165) is 13.0 Å². The van der Waals surface area contributed by atoms with Crippen LogP contribution in [0, 0.1) is 0 Å². The van der Waals surface area contributed by atoms with Crippen molar-refractivity contribution in [2.75, 3.05) is 26.2 Å². The van der Waals surface area contributed by atoms with Gasteiger partial charge in [0, 0.05) is 11.6 Å². The van der Waals surface area contributed by atoms with Crippen molar-refractivity contribution in [3.05, 3.63) is 0 Å². The number of nitrogens with one attached hydrogen (secondary N) is 1. The molecule has 0 radical (unpaired) electrons. The third kappa shape index (κ3) is 4.04. The number of piperidine rings is 1. The minimum atomic E-state index is -0.119. The molecule has 96 valence electrons. The van der Waals surface area contributed by atoms with Gasteiger partial charge in [-0.2, -0.15) is 0 Å². The van der Waals surface area contributed by atoms with E-state index in [2.05, 4.69) is 31.0 Å². The van der Waals surface area contributed by atoms with Gasteiger partial charge in [-0.15, -0.1) is 0 Å². The minimum absolute atomic E-state index is 0.119. The zero-order valence-corrected chi connectivity index (χ0v) is 11.1. The van der Waals surface area contributed by atoms with Crippen molar-refractivity contribution in [1.29, 1.82) is 0 Å². The second kappa shape index (κ2) is 6.58. The van der Waals surface area contributed by atoms with Gasteiger partial charge in [-0.25, -0.2) is 0 Å². The van der Waals surface area contributed by atoms with Gasteiger partial charge in [-0.1, -0.05) is 13.3 Å². The second-order valence-electron chi connectivity index (χ2n) is 5.40. The fraction of sp³-hybridized carbons (Fsp3) is 1.00. The summed E-state index contributed by atoms with van der Waals surface area (Å²) in [4.78, 5) is 2.56. The van der Waals surface area contributed by atoms with E-state index < -0.39 is 0 Å². The Morgan fingerprint density at radius 2 is 1.94 bits per heavy atom. The summed E-state index contributed by atoms with van der Waals surface area (Å²) in [6.07, 6.45) is 5.08. The van der Waals surface area contributed by atoms with Gasteiger partial charge in [0.15, 0.2) is 0 Å². The van der Waals surface area contributed by atoms with E-state index in [9.17, 15) is 5.11 Å². The standard InChI is InChI=1S/C13H28N2O/c1-4-14-13(3,11-16)10-12(2)15-8-6-5-7-9-15/h12,14,16H,4-11H2,1-3H3. The van der Waals surface area contributed by atoms with Gasteiger partial charge in [0.25, 0.3) is 0 Å². The van der Waals surface area contributed by atoms with Crippen molar-refractivity contribution in [2.24, 2.45) is 0 Å². The highest BCUT2D eigenvalue weighted by Gasteiger charge is 2.27. The highest BCUT2D eigenvalue weighted by molar-refractivity contribution is 4.87. The smallest absolute Gasteiger partial charge is 0.0611 e. The van der Waals surface area contributed by atoms with Crippen molar-refractivity contribution in [3.63, 3.8) is 0 Å². The lowest BCUT2D eigenvalue weighted by atomic mass is 9.92. The van der Waals surface area contributed by atoms with Crippen LogP contribution in [0.25, 0.3) is 0 Å². The SMILES string of the molecule is CCNC(C)(CO)CC(C)N1CCCCC1. The van der Waals surface area contributed by atoms with Crippen molar-refractivity contribution < 1.29 is 5.11 Å². The van der Waals surface area contributed by atoms with Crippen LogP contribution < -0.4 is 5.32 Å². The molecule has 0 bridgehead atoms. The zero-order chi connectivity index (χ0) is 12.0. The van der Waals surface area contributed by atoms with E-state index in [1.165, 1.54) is 32.4 Å². The number of nitrogens with zero attached hydrogens (tertiary/aromatic N) is 1. The maximum atomic E-state index is 9.48. The lowest BCUT2D eigenvalue weighted by molar-refractivity contribution is 0.104. The number of rotatable bonds is 6. The molecule has 3 nitrogen and oxygen atoms in total. The Bertz CT molecular complexity index is 192. The van der Waals surface area contributed by atoms with Gasteiger partial charge in [0.2, 0.25) is 0 Å². The summed E-state index contributed by atoms with van der Waals surface area (Å²) in [5, 5.41) is 12.9. The molecule has 0 aromatic rings. The van der Waals surface area contributed by atoms with Crippen LogP contribution in [-0.2, 0) is 0 Å². The number of hydrogen-bond donors (Lipinski definition) is 2. The summed E-state index contributed by atoms with van der Waals surface area (Å²) in [7, 11) is 0. The fourth-order valence-electron chi connectivity index (χ4n) is 2.76. The molecular formula is C13H28N2O. The maximum Gasteiger partial charge on any atom is 0.0611 e. The monoisotopic (exact) mass is 228 g/mol. The third-order valence-corrected chi connectivity index (χ3v) is 3.71. The predicted molar refractivity (Wildman–Crippen MR) is 68.7 cm³/mol. The summed E-state index contributed by atoms with van der Waals surface area (Å²) >= 11 is 0. The molecule has 1 aliphatic heterocycles. The van der Waals surface area contributed by atoms with Crippen LogP contribution in [0.2, 0.25) is 0 Å². The van der Waals surface area contributed by atoms with E-state index in [1.54, 1.807) is 0 Å². The van der Waals surface area contributed by atoms with Crippen LogP contribution in [-0.4, -0.2) is 47.8 Å². The topological polar surface area (TPSA) is 35.5 Å². The van der Waals surface area contributed by atoms with Crippen molar-refractivity contribution in [2.45, 2.75) is 58.0 Å². The summed E-state index contributed by atoms with van der Waals surface area (Å²) < 4.78 is 0. The first-order chi connectivity index (χ1) is 7.61. The quantitative estimate of drug-likeness (QED) is 0.725. The zero-order valence-electron chi connectivity index (χ0n) is 11.1. The normalized spacial score (nSPS) is 24.0. The number of aliphatic hydroxyl groups is 1. The van der Waals surface area contributed by atoms with Crippen LogP contribution in [0.15, 0.2) is 0 Å². The molecule has 16 heavy (non-hydrogen) atoms. The Labute approximate surface area is 100 Å². The first kappa shape index (κ1) is 13.9. The van der Waals surface area contributed by atoms with E-state index in [4.69, 9.17) is 0 Å². The average molecular weight is 228 g/mol. The molecule has 0 spiro atoms. The fourth-order valence-corrected chi connectivity index (χ4v) is 2.76. The highest BCUT2D eigenvalue weighted by atomic mass is 16.3. The third-order valence-electron chi connectivity index (χ3n) is 3.71. The molecular weight excluding hydrogens is 200 g/mol. The van der Waals surface area contributed by atoms with E-state index >= 15 is 0 Å². The van der Waals surface area contributed by atoms with Crippen LogP contribution >= 0.6 is 0 Å². The summed E-state index contributed by atoms with van der Waals surface area (Å²) in [6, 6.07) is 0.566. The molecule has 1 saturated heterocycles. The molecule has 0 amide bonds. The van der Waals surface area contributed by atoms with Gasteiger partial charge in [0.1, 0.15) is 0 Å². The molecule has 2 unspecified atom stereocenters. The lowest BCUT2D eigenvalue weighted by Crippen LogP contribution is -2.51. The molecule has 1 aliphatic rings. The van der Waals surface area contributed by atoms with Crippen molar-refractivity contribution >= 4 is 0 Å². The van der Waals surface area contributed by atoms with Gasteiger partial charge in [0.05, 0.1) is 6.61 Å². The Balaban J connectivity index is 2.43. The molecule has 0 saturated carbocycles. The molecule has 0 aromatic carbocycles. The van der Waals surface area contributed by atoms with Crippen LogP contribution in [0.5, 0.6) is 0 Å². The summed E-state index contributed by atoms with van der Waals surface area (Å²) in [5.74, 6) is 0. The minimum Gasteiger partial charge on any atom is -0.394 e. The Morgan fingerprint density at radius 1 is 1.31 bits per heavy atom. The Kier molecular flexibility index (Phi) is 5.73. The molecule has 2 atom stereocenters. The number of likely N-dealkylation sites (N-methyl/N-ethyl adjacent to an activating group) is 1. The van der Waals surface area contributed by atoms with Gasteiger partial charge >= 0.3 is 0 Å². The Hall–Kier alpha value is -0.120. The lowest BCUT2D eigenvalue weighted by Gasteiger charge is -2.38. The first-order valence-electron chi connectivity index (χ1n) is 6.71.